The average molecular weight is 293 g/mol. The van der Waals surface area contributed by atoms with Crippen LogP contribution in [0.15, 0.2) is 24.3 Å². The van der Waals surface area contributed by atoms with Crippen molar-refractivity contribution in [1.29, 1.82) is 0 Å². The number of imide groups is 1. The number of rotatable bonds is 5. The topological polar surface area (TPSA) is 65.9 Å². The van der Waals surface area contributed by atoms with Gasteiger partial charge in [-0.1, -0.05) is 12.1 Å². The van der Waals surface area contributed by atoms with Crippen molar-refractivity contribution >= 4 is 17.6 Å². The van der Waals surface area contributed by atoms with Crippen LogP contribution in [0.3, 0.4) is 0 Å². The van der Waals surface area contributed by atoms with Crippen molar-refractivity contribution in [3.63, 3.8) is 0 Å². The van der Waals surface area contributed by atoms with Crippen LogP contribution in [0.1, 0.15) is 12.5 Å². The Balaban J connectivity index is 2.61. The molecule has 1 unspecified atom stereocenters. The van der Waals surface area contributed by atoms with E-state index in [1.54, 1.807) is 0 Å². The third-order valence-electron chi connectivity index (χ3n) is 3.53. The number of hydrogen-bond acceptors (Lipinski definition) is 3. The normalized spacial score (nSPS) is 13.2. The fourth-order valence-electron chi connectivity index (χ4n) is 1.89. The molecule has 0 aromatic heterocycles. The van der Waals surface area contributed by atoms with Crippen LogP contribution in [-0.4, -0.2) is 46.2 Å². The molecule has 3 amide bonds. The van der Waals surface area contributed by atoms with Gasteiger partial charge in [-0.3, -0.25) is 10.1 Å². The van der Waals surface area contributed by atoms with Gasteiger partial charge >= 0.3 is 6.03 Å². The smallest absolute Gasteiger partial charge is 0.321 e. The molecular formula is C15H25N4O2+. The van der Waals surface area contributed by atoms with Crippen molar-refractivity contribution < 1.29 is 14.5 Å². The van der Waals surface area contributed by atoms with E-state index in [1.807, 2.05) is 33.0 Å². The van der Waals surface area contributed by atoms with Gasteiger partial charge in [0, 0.05) is 32.4 Å². The molecule has 1 aromatic rings. The molecule has 0 aliphatic rings. The number of amides is 3. The summed E-state index contributed by atoms with van der Waals surface area (Å²) in [6, 6.07) is 7.44. The first-order valence-corrected chi connectivity index (χ1v) is 6.96. The minimum absolute atomic E-state index is 0.281. The second kappa shape index (κ2) is 7.64. The van der Waals surface area contributed by atoms with Crippen LogP contribution in [0.2, 0.25) is 0 Å². The number of quaternary nitrogens is 1. The van der Waals surface area contributed by atoms with Gasteiger partial charge < -0.3 is 15.1 Å². The lowest BCUT2D eigenvalue weighted by Crippen LogP contribution is -3.12. The summed E-state index contributed by atoms with van der Waals surface area (Å²) < 4.78 is 0. The molecule has 0 spiro atoms. The molecule has 0 heterocycles. The summed E-state index contributed by atoms with van der Waals surface area (Å²) in [6.07, 6.45) is 0. The standard InChI is InChI=1S/C15H24N4O2/c1-11(14(20)17-15(21)16-2)19(5)10-12-6-8-13(9-7-12)18(3)4/h6-9,11H,10H2,1-5H3,(H2,16,17,20,21)/p+1/t11-/m0/s1. The number of nitrogens with zero attached hydrogens (tertiary/aromatic N) is 1. The molecule has 0 bridgehead atoms. The number of carbonyl (C=O) groups is 2. The van der Waals surface area contributed by atoms with Gasteiger partial charge in [-0.2, -0.15) is 0 Å². The van der Waals surface area contributed by atoms with Crippen LogP contribution in [0, 0.1) is 0 Å². The van der Waals surface area contributed by atoms with Crippen LogP contribution in [0.25, 0.3) is 0 Å². The molecule has 3 N–H and O–H groups in total. The van der Waals surface area contributed by atoms with Crippen LogP contribution in [-0.2, 0) is 11.3 Å². The molecule has 0 aliphatic carbocycles. The second-order valence-corrected chi connectivity index (χ2v) is 5.37. The first-order valence-electron chi connectivity index (χ1n) is 6.96. The molecule has 0 saturated carbocycles. The van der Waals surface area contributed by atoms with E-state index in [2.05, 4.69) is 34.9 Å². The maximum absolute atomic E-state index is 11.9. The molecule has 6 heteroatoms. The zero-order valence-corrected chi connectivity index (χ0v) is 13.4. The molecule has 0 aliphatic heterocycles. The lowest BCUT2D eigenvalue weighted by atomic mass is 10.1. The first-order chi connectivity index (χ1) is 9.85. The Kier molecular flexibility index (Phi) is 6.17. The van der Waals surface area contributed by atoms with Crippen molar-refractivity contribution in [1.82, 2.24) is 10.6 Å². The quantitative estimate of drug-likeness (QED) is 0.693. The van der Waals surface area contributed by atoms with Crippen LogP contribution >= 0.6 is 0 Å². The van der Waals surface area contributed by atoms with Gasteiger partial charge in [0.2, 0.25) is 0 Å². The van der Waals surface area contributed by atoms with E-state index in [-0.39, 0.29) is 11.9 Å². The van der Waals surface area contributed by atoms with Crippen LogP contribution in [0.5, 0.6) is 0 Å². The largest absolute Gasteiger partial charge is 0.378 e. The zero-order chi connectivity index (χ0) is 16.0. The average Bonchev–Trinajstić information content (AvgIpc) is 2.46. The number of likely N-dealkylation sites (N-methyl/N-ethyl adjacent to an activating group) is 1. The number of urea groups is 1. The summed E-state index contributed by atoms with van der Waals surface area (Å²) in [4.78, 5) is 26.1. The number of hydrogen-bond donors (Lipinski definition) is 3. The third-order valence-corrected chi connectivity index (χ3v) is 3.53. The fraction of sp³-hybridized carbons (Fsp3) is 0.467. The first kappa shape index (κ1) is 17.0. The molecule has 0 radical (unpaired) electrons. The van der Waals surface area contributed by atoms with Crippen molar-refractivity contribution in [3.8, 4) is 0 Å². The maximum Gasteiger partial charge on any atom is 0.321 e. The van der Waals surface area contributed by atoms with Crippen molar-refractivity contribution in [2.24, 2.45) is 0 Å². The Morgan fingerprint density at radius 3 is 2.29 bits per heavy atom. The second-order valence-electron chi connectivity index (χ2n) is 5.37. The Morgan fingerprint density at radius 1 is 1.24 bits per heavy atom. The van der Waals surface area contributed by atoms with Gasteiger partial charge in [0.15, 0.2) is 6.04 Å². The molecular weight excluding hydrogens is 268 g/mol. The Hall–Kier alpha value is -2.08. The number of anilines is 1. The summed E-state index contributed by atoms with van der Waals surface area (Å²) in [7, 11) is 7.42. The molecule has 2 atom stereocenters. The molecule has 6 nitrogen and oxygen atoms in total. The van der Waals surface area contributed by atoms with E-state index in [1.165, 1.54) is 7.05 Å². The Bertz CT molecular complexity index is 485. The summed E-state index contributed by atoms with van der Waals surface area (Å²) in [5.74, 6) is -0.281. The molecule has 1 rings (SSSR count). The van der Waals surface area contributed by atoms with Crippen LogP contribution < -0.4 is 20.4 Å². The fourth-order valence-corrected chi connectivity index (χ4v) is 1.89. The highest BCUT2D eigenvalue weighted by Gasteiger charge is 2.23. The van der Waals surface area contributed by atoms with Gasteiger partial charge in [-0.25, -0.2) is 4.79 Å². The monoisotopic (exact) mass is 293 g/mol. The minimum atomic E-state index is -0.477. The lowest BCUT2D eigenvalue weighted by molar-refractivity contribution is -0.908. The van der Waals surface area contributed by atoms with Gasteiger partial charge in [0.1, 0.15) is 6.54 Å². The van der Waals surface area contributed by atoms with Gasteiger partial charge in [0.05, 0.1) is 7.05 Å². The zero-order valence-electron chi connectivity index (χ0n) is 13.4. The van der Waals surface area contributed by atoms with E-state index in [0.29, 0.717) is 0 Å². The predicted molar refractivity (Wildman–Crippen MR) is 83.4 cm³/mol. The lowest BCUT2D eigenvalue weighted by Gasteiger charge is -2.21. The number of benzene rings is 1. The SMILES string of the molecule is CNC(=O)NC(=O)[C@H](C)[NH+](C)Cc1ccc(N(C)C)cc1. The van der Waals surface area contributed by atoms with E-state index >= 15 is 0 Å². The van der Waals surface area contributed by atoms with E-state index in [4.69, 9.17) is 0 Å². The van der Waals surface area contributed by atoms with E-state index < -0.39 is 6.03 Å². The predicted octanol–water partition coefficient (Wildman–Crippen LogP) is -0.389. The van der Waals surface area contributed by atoms with Gasteiger partial charge in [-0.05, 0) is 19.1 Å². The summed E-state index contributed by atoms with van der Waals surface area (Å²) in [5.41, 5.74) is 2.29. The molecule has 0 saturated heterocycles. The summed E-state index contributed by atoms with van der Waals surface area (Å²) in [6.45, 7) is 2.53. The van der Waals surface area contributed by atoms with E-state index in [9.17, 15) is 9.59 Å². The van der Waals surface area contributed by atoms with Crippen molar-refractivity contribution in [3.05, 3.63) is 29.8 Å². The maximum atomic E-state index is 11.9. The van der Waals surface area contributed by atoms with E-state index in [0.717, 1.165) is 22.7 Å². The highest BCUT2D eigenvalue weighted by atomic mass is 16.2. The van der Waals surface area contributed by atoms with Crippen molar-refractivity contribution in [2.75, 3.05) is 33.1 Å². The minimum Gasteiger partial charge on any atom is -0.378 e. The highest BCUT2D eigenvalue weighted by molar-refractivity contribution is 5.96. The van der Waals surface area contributed by atoms with Gasteiger partial charge in [-0.15, -0.1) is 0 Å². The number of carbonyl (C=O) groups excluding carboxylic acids is 2. The molecule has 21 heavy (non-hydrogen) atoms. The van der Waals surface area contributed by atoms with Gasteiger partial charge in [0.25, 0.3) is 5.91 Å². The molecule has 0 fully saturated rings. The highest BCUT2D eigenvalue weighted by Crippen LogP contribution is 2.11. The summed E-state index contributed by atoms with van der Waals surface area (Å²) in [5, 5.41) is 4.67. The number of nitrogens with one attached hydrogen (secondary N) is 3. The summed E-state index contributed by atoms with van der Waals surface area (Å²) >= 11 is 0. The Morgan fingerprint density at radius 2 is 1.81 bits per heavy atom. The van der Waals surface area contributed by atoms with Crippen LogP contribution in [0.4, 0.5) is 10.5 Å². The van der Waals surface area contributed by atoms with Crippen molar-refractivity contribution in [2.45, 2.75) is 19.5 Å². The third kappa shape index (κ3) is 5.07. The molecule has 1 aromatic carbocycles. The Labute approximate surface area is 126 Å². The molecule has 116 valence electrons.